The molecule has 2 fully saturated rings. The van der Waals surface area contributed by atoms with E-state index < -0.39 is 18.5 Å². The summed E-state index contributed by atoms with van der Waals surface area (Å²) >= 11 is 1.33. The van der Waals surface area contributed by atoms with Crippen molar-refractivity contribution in [1.29, 1.82) is 0 Å². The Bertz CT molecular complexity index is 1240. The fourth-order valence-electron chi connectivity index (χ4n) is 4.38. The lowest BCUT2D eigenvalue weighted by atomic mass is 10.1. The minimum Gasteiger partial charge on any atom is -0.353 e. The van der Waals surface area contributed by atoms with Crippen molar-refractivity contribution in [3.63, 3.8) is 0 Å². The Hall–Kier alpha value is -3.32. The van der Waals surface area contributed by atoms with Gasteiger partial charge in [0.05, 0.1) is 0 Å². The summed E-state index contributed by atoms with van der Waals surface area (Å²) in [6, 6.07) is 10.9. The van der Waals surface area contributed by atoms with E-state index in [1.807, 2.05) is 19.1 Å². The Balaban J connectivity index is 1.29. The Morgan fingerprint density at radius 1 is 1.11 bits per heavy atom. The van der Waals surface area contributed by atoms with E-state index in [1.165, 1.54) is 24.6 Å². The molecule has 3 N–H and O–H groups in total. The van der Waals surface area contributed by atoms with Crippen LogP contribution in [-0.4, -0.2) is 69.4 Å². The first kappa shape index (κ1) is 25.3. The van der Waals surface area contributed by atoms with Gasteiger partial charge in [0.15, 0.2) is 11.0 Å². The lowest BCUT2D eigenvalue weighted by Crippen LogP contribution is -2.59. The number of aromatic nitrogens is 4. The summed E-state index contributed by atoms with van der Waals surface area (Å²) in [5, 5.41) is 13.1. The third-order valence-electron chi connectivity index (χ3n) is 6.21. The maximum atomic E-state index is 12.4. The molecule has 0 radical (unpaired) electrons. The molecule has 196 valence electrons. The monoisotopic (exact) mass is 532 g/mol. The largest absolute Gasteiger partial charge is 0.397 e. The van der Waals surface area contributed by atoms with Crippen LogP contribution in [0.15, 0.2) is 46.5 Å². The van der Waals surface area contributed by atoms with Gasteiger partial charge in [0.25, 0.3) is 0 Å². The van der Waals surface area contributed by atoms with E-state index in [4.69, 9.17) is 4.98 Å². The number of nitrogens with one attached hydrogen (secondary N) is 3. The number of benzene rings is 1. The van der Waals surface area contributed by atoms with E-state index in [1.54, 1.807) is 24.3 Å². The number of rotatable bonds is 8. The zero-order valence-corrected chi connectivity index (χ0v) is 21.0. The van der Waals surface area contributed by atoms with Gasteiger partial charge in [0, 0.05) is 47.5 Å². The molecule has 4 heterocycles. The van der Waals surface area contributed by atoms with Crippen LogP contribution in [-0.2, 0) is 4.79 Å². The maximum Gasteiger partial charge on any atom is 0.397 e. The molecule has 0 spiro atoms. The molecule has 1 aromatic carbocycles. The third-order valence-corrected chi connectivity index (χ3v) is 7.08. The lowest BCUT2D eigenvalue weighted by Gasteiger charge is -2.44. The second kappa shape index (κ2) is 10.6. The van der Waals surface area contributed by atoms with Crippen LogP contribution >= 0.6 is 11.8 Å². The summed E-state index contributed by atoms with van der Waals surface area (Å²) in [6.07, 6.45) is -3.56. The number of likely N-dealkylation sites (tertiary alicyclic amines) is 1. The summed E-state index contributed by atoms with van der Waals surface area (Å²) in [5.74, 6) is 0.976. The van der Waals surface area contributed by atoms with Crippen molar-refractivity contribution < 1.29 is 18.0 Å². The summed E-state index contributed by atoms with van der Waals surface area (Å²) in [6.45, 7) is 6.05. The van der Waals surface area contributed by atoms with Crippen LogP contribution < -0.4 is 15.5 Å². The van der Waals surface area contributed by atoms with Crippen molar-refractivity contribution in [2.45, 2.75) is 48.5 Å². The van der Waals surface area contributed by atoms with Gasteiger partial charge >= 0.3 is 6.18 Å². The molecular formula is C24H27F3N8OS. The predicted molar refractivity (Wildman–Crippen MR) is 135 cm³/mol. The Kier molecular flexibility index (Phi) is 7.24. The van der Waals surface area contributed by atoms with Gasteiger partial charge in [-0.1, -0.05) is 0 Å². The SMILES string of the molecule is Cc1cc(Nc2cc(N3CC(N4CCCC4)C3)nc(Sc3ccc(NC(=O)CC(F)(F)F)cc3)n2)n[nH]1. The highest BCUT2D eigenvalue weighted by molar-refractivity contribution is 7.99. The number of alkyl halides is 3. The number of carbonyl (C=O) groups excluding carboxylic acids is 1. The number of amides is 1. The molecule has 2 aliphatic rings. The van der Waals surface area contributed by atoms with Crippen molar-refractivity contribution in [3.05, 3.63) is 42.1 Å². The molecule has 0 saturated carbocycles. The minimum atomic E-state index is -4.55. The normalized spacial score (nSPS) is 16.6. The highest BCUT2D eigenvalue weighted by Crippen LogP contribution is 2.32. The number of H-pyrrole nitrogens is 1. The molecule has 2 saturated heterocycles. The standard InChI is InChI=1S/C24H27F3N8OS/c1-15-10-20(33-32-15)29-19-11-21(35-13-17(14-35)34-8-2-3-9-34)31-23(30-19)37-18-6-4-16(5-7-18)28-22(36)12-24(25,26)27/h4-7,10-11,17H,2-3,8-9,12-14H2,1H3,(H,28,36)(H2,29,30,31,32,33). The van der Waals surface area contributed by atoms with E-state index >= 15 is 0 Å². The molecule has 2 aromatic heterocycles. The molecular weight excluding hydrogens is 505 g/mol. The first-order chi connectivity index (χ1) is 17.7. The van der Waals surface area contributed by atoms with E-state index in [0.717, 1.165) is 42.6 Å². The number of aryl methyl sites for hydroxylation is 1. The van der Waals surface area contributed by atoms with Crippen LogP contribution in [0, 0.1) is 6.92 Å². The van der Waals surface area contributed by atoms with Crippen molar-refractivity contribution in [3.8, 4) is 0 Å². The zero-order valence-electron chi connectivity index (χ0n) is 20.2. The van der Waals surface area contributed by atoms with Crippen LogP contribution in [0.1, 0.15) is 25.0 Å². The van der Waals surface area contributed by atoms with E-state index in [9.17, 15) is 18.0 Å². The number of nitrogens with zero attached hydrogens (tertiary/aromatic N) is 5. The molecule has 9 nitrogen and oxygen atoms in total. The second-order valence-electron chi connectivity index (χ2n) is 9.22. The fourth-order valence-corrected chi connectivity index (χ4v) is 5.14. The highest BCUT2D eigenvalue weighted by atomic mass is 32.2. The van der Waals surface area contributed by atoms with E-state index in [-0.39, 0.29) is 5.69 Å². The Morgan fingerprint density at radius 3 is 2.49 bits per heavy atom. The number of aromatic amines is 1. The molecule has 5 rings (SSSR count). The van der Waals surface area contributed by atoms with Gasteiger partial charge in [-0.25, -0.2) is 9.97 Å². The number of halogens is 3. The quantitative estimate of drug-likeness (QED) is 0.363. The molecule has 1 amide bonds. The van der Waals surface area contributed by atoms with Crippen molar-refractivity contribution in [2.75, 3.05) is 41.7 Å². The van der Waals surface area contributed by atoms with Gasteiger partial charge in [-0.2, -0.15) is 18.3 Å². The summed E-state index contributed by atoms with van der Waals surface area (Å²) in [5.41, 5.74) is 1.21. The van der Waals surface area contributed by atoms with E-state index in [2.05, 4.69) is 35.6 Å². The van der Waals surface area contributed by atoms with Gasteiger partial charge < -0.3 is 15.5 Å². The second-order valence-corrected chi connectivity index (χ2v) is 10.3. The topological polar surface area (TPSA) is 102 Å². The van der Waals surface area contributed by atoms with Crippen molar-refractivity contribution in [1.82, 2.24) is 25.1 Å². The first-order valence-electron chi connectivity index (χ1n) is 12.0. The number of hydrogen-bond donors (Lipinski definition) is 3. The summed E-state index contributed by atoms with van der Waals surface area (Å²) < 4.78 is 37.2. The Morgan fingerprint density at radius 2 is 1.84 bits per heavy atom. The molecule has 0 atom stereocenters. The number of carbonyl (C=O) groups is 1. The average molecular weight is 533 g/mol. The van der Waals surface area contributed by atoms with Crippen LogP contribution in [0.5, 0.6) is 0 Å². The molecule has 0 bridgehead atoms. The number of anilines is 4. The Labute approximate surface area is 216 Å². The van der Waals surface area contributed by atoms with Crippen LogP contribution in [0.4, 0.5) is 36.3 Å². The molecule has 0 aliphatic carbocycles. The lowest BCUT2D eigenvalue weighted by molar-refractivity contribution is -0.150. The van der Waals surface area contributed by atoms with Gasteiger partial charge in [0.2, 0.25) is 5.91 Å². The fraction of sp³-hybridized carbons (Fsp3) is 0.417. The van der Waals surface area contributed by atoms with Gasteiger partial charge in [-0.05, 0) is 68.9 Å². The van der Waals surface area contributed by atoms with Crippen LogP contribution in [0.25, 0.3) is 0 Å². The molecule has 0 unspecified atom stereocenters. The zero-order chi connectivity index (χ0) is 26.0. The van der Waals surface area contributed by atoms with Gasteiger partial charge in [0.1, 0.15) is 18.1 Å². The predicted octanol–water partition coefficient (Wildman–Crippen LogP) is 4.58. The minimum absolute atomic E-state index is 0.290. The van der Waals surface area contributed by atoms with Crippen molar-refractivity contribution in [2.24, 2.45) is 0 Å². The highest BCUT2D eigenvalue weighted by Gasteiger charge is 2.34. The first-order valence-corrected chi connectivity index (χ1v) is 12.8. The van der Waals surface area contributed by atoms with E-state index in [0.29, 0.717) is 22.8 Å². The molecule has 2 aliphatic heterocycles. The third kappa shape index (κ3) is 6.72. The average Bonchev–Trinajstić information content (AvgIpc) is 3.45. The van der Waals surface area contributed by atoms with Gasteiger partial charge in [-0.3, -0.25) is 14.8 Å². The van der Waals surface area contributed by atoms with Crippen LogP contribution in [0.2, 0.25) is 0 Å². The molecule has 37 heavy (non-hydrogen) atoms. The molecule has 3 aromatic rings. The van der Waals surface area contributed by atoms with Crippen LogP contribution in [0.3, 0.4) is 0 Å². The summed E-state index contributed by atoms with van der Waals surface area (Å²) in [4.78, 5) is 26.5. The van der Waals surface area contributed by atoms with Crippen molar-refractivity contribution >= 4 is 40.8 Å². The maximum absolute atomic E-state index is 12.4. The number of hydrogen-bond acceptors (Lipinski definition) is 8. The summed E-state index contributed by atoms with van der Waals surface area (Å²) in [7, 11) is 0. The van der Waals surface area contributed by atoms with Gasteiger partial charge in [-0.15, -0.1) is 0 Å². The smallest absolute Gasteiger partial charge is 0.353 e. The molecule has 13 heteroatoms.